The van der Waals surface area contributed by atoms with Crippen molar-refractivity contribution in [1.29, 1.82) is 0 Å². The minimum atomic E-state index is -0.372. The van der Waals surface area contributed by atoms with Crippen LogP contribution >= 0.6 is 23.2 Å². The number of nitrogens with zero attached hydrogens (tertiary/aromatic N) is 1. The maximum Gasteiger partial charge on any atom is 0.148 e. The number of rotatable bonds is 4. The van der Waals surface area contributed by atoms with Crippen LogP contribution in [0.4, 0.5) is 4.39 Å². The van der Waals surface area contributed by atoms with E-state index in [2.05, 4.69) is 24.1 Å². The molecule has 1 fully saturated rings. The van der Waals surface area contributed by atoms with E-state index in [0.717, 1.165) is 32.6 Å². The summed E-state index contributed by atoms with van der Waals surface area (Å²) in [5.41, 5.74) is 0.551. The van der Waals surface area contributed by atoms with Gasteiger partial charge >= 0.3 is 0 Å². The quantitative estimate of drug-likeness (QED) is 0.840. The minimum Gasteiger partial charge on any atom is -0.314 e. The van der Waals surface area contributed by atoms with Crippen molar-refractivity contribution in [3.05, 3.63) is 33.6 Å². The summed E-state index contributed by atoms with van der Waals surface area (Å²) in [6.07, 6.45) is 0.872. The largest absolute Gasteiger partial charge is 0.314 e. The average molecular weight is 319 g/mol. The Kier molecular flexibility index (Phi) is 5.67. The minimum absolute atomic E-state index is 0.0108. The van der Waals surface area contributed by atoms with E-state index in [9.17, 15) is 4.39 Å². The molecule has 2 rings (SSSR count). The SMILES string of the molecule is CC(C)C[C@H](c1c(Cl)ccc(Cl)c1F)N1CCNCC1. The third-order valence-electron chi connectivity index (χ3n) is 3.70. The second-order valence-electron chi connectivity index (χ2n) is 5.69. The van der Waals surface area contributed by atoms with Gasteiger partial charge in [0, 0.05) is 42.8 Å². The van der Waals surface area contributed by atoms with E-state index in [1.165, 1.54) is 6.07 Å². The number of hydrogen-bond acceptors (Lipinski definition) is 2. The zero-order chi connectivity index (χ0) is 14.7. The molecule has 1 aliphatic rings. The first kappa shape index (κ1) is 16.0. The lowest BCUT2D eigenvalue weighted by Crippen LogP contribution is -2.45. The standard InChI is InChI=1S/C15H21Cl2FN2/c1-10(2)9-13(20-7-5-19-6-8-20)14-11(16)3-4-12(17)15(14)18/h3-4,10,13,19H,5-9H2,1-2H3/t13-/m1/s1. The molecule has 0 amide bonds. The van der Waals surface area contributed by atoms with Crippen molar-refractivity contribution in [3.8, 4) is 0 Å². The van der Waals surface area contributed by atoms with E-state index in [0.29, 0.717) is 16.5 Å². The van der Waals surface area contributed by atoms with Crippen molar-refractivity contribution in [2.24, 2.45) is 5.92 Å². The summed E-state index contributed by atoms with van der Waals surface area (Å²) in [6.45, 7) is 7.94. The molecule has 1 atom stereocenters. The fourth-order valence-corrected chi connectivity index (χ4v) is 3.17. The van der Waals surface area contributed by atoms with Gasteiger partial charge in [0.1, 0.15) is 5.82 Å². The van der Waals surface area contributed by atoms with Crippen LogP contribution in [0.5, 0.6) is 0 Å². The number of hydrogen-bond donors (Lipinski definition) is 1. The van der Waals surface area contributed by atoms with E-state index in [4.69, 9.17) is 23.2 Å². The van der Waals surface area contributed by atoms with Gasteiger partial charge in [0.05, 0.1) is 5.02 Å². The van der Waals surface area contributed by atoms with Gasteiger partial charge in [0.25, 0.3) is 0 Å². The van der Waals surface area contributed by atoms with Crippen LogP contribution in [0.25, 0.3) is 0 Å². The maximum atomic E-state index is 14.5. The average Bonchev–Trinajstić information content (AvgIpc) is 2.43. The molecule has 0 aromatic heterocycles. The van der Waals surface area contributed by atoms with Crippen LogP contribution in [0.2, 0.25) is 10.0 Å². The van der Waals surface area contributed by atoms with Gasteiger partial charge in [-0.15, -0.1) is 0 Å². The molecule has 2 nitrogen and oxygen atoms in total. The molecule has 1 aromatic carbocycles. The Morgan fingerprint density at radius 2 is 1.80 bits per heavy atom. The van der Waals surface area contributed by atoms with E-state index in [1.54, 1.807) is 6.07 Å². The van der Waals surface area contributed by atoms with Gasteiger partial charge in [0.15, 0.2) is 0 Å². The molecule has 1 heterocycles. The van der Waals surface area contributed by atoms with Crippen molar-refractivity contribution in [3.63, 3.8) is 0 Å². The molecule has 0 radical (unpaired) electrons. The Balaban J connectivity index is 2.37. The predicted molar refractivity (Wildman–Crippen MR) is 83.1 cm³/mol. The van der Waals surface area contributed by atoms with Crippen LogP contribution in [0, 0.1) is 11.7 Å². The molecule has 0 saturated carbocycles. The topological polar surface area (TPSA) is 15.3 Å². The highest BCUT2D eigenvalue weighted by molar-refractivity contribution is 6.33. The summed E-state index contributed by atoms with van der Waals surface area (Å²) < 4.78 is 14.5. The van der Waals surface area contributed by atoms with Crippen molar-refractivity contribution in [2.45, 2.75) is 26.3 Å². The number of benzene rings is 1. The van der Waals surface area contributed by atoms with Gasteiger partial charge in [-0.3, -0.25) is 4.90 Å². The lowest BCUT2D eigenvalue weighted by Gasteiger charge is -2.36. The number of nitrogens with one attached hydrogen (secondary N) is 1. The Labute approximate surface area is 130 Å². The normalized spacial score (nSPS) is 18.5. The Bertz CT molecular complexity index is 459. The van der Waals surface area contributed by atoms with Crippen molar-refractivity contribution < 1.29 is 4.39 Å². The molecule has 112 valence electrons. The molecular weight excluding hydrogens is 298 g/mol. The van der Waals surface area contributed by atoms with Crippen LogP contribution in [-0.4, -0.2) is 31.1 Å². The summed E-state index contributed by atoms with van der Waals surface area (Å²) in [4.78, 5) is 2.30. The predicted octanol–water partition coefficient (Wildman–Crippen LogP) is 4.12. The molecule has 1 aliphatic heterocycles. The van der Waals surface area contributed by atoms with Crippen LogP contribution in [-0.2, 0) is 0 Å². The monoisotopic (exact) mass is 318 g/mol. The van der Waals surface area contributed by atoms with Crippen LogP contribution < -0.4 is 5.32 Å². The Hall–Kier alpha value is -0.350. The van der Waals surface area contributed by atoms with Gasteiger partial charge in [-0.05, 0) is 24.5 Å². The number of piperazine rings is 1. The summed E-state index contributed by atoms with van der Waals surface area (Å²) >= 11 is 12.2. The highest BCUT2D eigenvalue weighted by Crippen LogP contribution is 2.37. The zero-order valence-electron chi connectivity index (χ0n) is 11.9. The van der Waals surface area contributed by atoms with Crippen molar-refractivity contribution >= 4 is 23.2 Å². The maximum absolute atomic E-state index is 14.5. The molecular formula is C15H21Cl2FN2. The van der Waals surface area contributed by atoms with E-state index in [1.807, 2.05) is 0 Å². The highest BCUT2D eigenvalue weighted by atomic mass is 35.5. The van der Waals surface area contributed by atoms with Crippen LogP contribution in [0.1, 0.15) is 31.9 Å². The molecule has 0 aliphatic carbocycles. The molecule has 0 bridgehead atoms. The summed E-state index contributed by atoms with van der Waals surface area (Å²) in [5, 5.41) is 3.94. The second-order valence-corrected chi connectivity index (χ2v) is 6.50. The first-order valence-electron chi connectivity index (χ1n) is 7.09. The molecule has 1 N–H and O–H groups in total. The number of halogens is 3. The molecule has 20 heavy (non-hydrogen) atoms. The Morgan fingerprint density at radius 1 is 1.20 bits per heavy atom. The molecule has 5 heteroatoms. The molecule has 0 unspecified atom stereocenters. The summed E-state index contributed by atoms with van der Waals surface area (Å²) in [7, 11) is 0. The first-order valence-corrected chi connectivity index (χ1v) is 7.84. The van der Waals surface area contributed by atoms with Crippen molar-refractivity contribution in [2.75, 3.05) is 26.2 Å². The van der Waals surface area contributed by atoms with Gasteiger partial charge in [-0.1, -0.05) is 37.0 Å². The summed E-state index contributed by atoms with van der Waals surface area (Å²) in [5.74, 6) is 0.0904. The smallest absolute Gasteiger partial charge is 0.148 e. The van der Waals surface area contributed by atoms with Crippen LogP contribution in [0.15, 0.2) is 12.1 Å². The molecule has 1 aromatic rings. The second kappa shape index (κ2) is 7.08. The summed E-state index contributed by atoms with van der Waals surface area (Å²) in [6, 6.07) is 3.20. The molecule has 0 spiro atoms. The van der Waals surface area contributed by atoms with Gasteiger partial charge < -0.3 is 5.32 Å². The highest BCUT2D eigenvalue weighted by Gasteiger charge is 2.28. The van der Waals surface area contributed by atoms with E-state index >= 15 is 0 Å². The fraction of sp³-hybridized carbons (Fsp3) is 0.600. The fourth-order valence-electron chi connectivity index (χ4n) is 2.74. The molecule has 1 saturated heterocycles. The van der Waals surface area contributed by atoms with Gasteiger partial charge in [0.2, 0.25) is 0 Å². The van der Waals surface area contributed by atoms with E-state index in [-0.39, 0.29) is 16.9 Å². The zero-order valence-corrected chi connectivity index (χ0v) is 13.4. The lowest BCUT2D eigenvalue weighted by atomic mass is 9.94. The first-order chi connectivity index (χ1) is 9.50. The third kappa shape index (κ3) is 3.64. The lowest BCUT2D eigenvalue weighted by molar-refractivity contribution is 0.151. The van der Waals surface area contributed by atoms with Crippen LogP contribution in [0.3, 0.4) is 0 Å². The van der Waals surface area contributed by atoms with E-state index < -0.39 is 0 Å². The third-order valence-corrected chi connectivity index (χ3v) is 4.32. The van der Waals surface area contributed by atoms with Gasteiger partial charge in [-0.2, -0.15) is 0 Å². The van der Waals surface area contributed by atoms with Gasteiger partial charge in [-0.25, -0.2) is 4.39 Å². The van der Waals surface area contributed by atoms with Crippen molar-refractivity contribution in [1.82, 2.24) is 10.2 Å². The Morgan fingerprint density at radius 3 is 2.40 bits per heavy atom.